The molecular weight excluding hydrogens is 615 g/mol. The molecule has 240 valence electrons. The van der Waals surface area contributed by atoms with Crippen LogP contribution in [0.1, 0.15) is 0 Å². The molecule has 1 heteroatoms. The summed E-state index contributed by atoms with van der Waals surface area (Å²) in [6.45, 7) is 0. The molecule has 0 aromatic heterocycles. The van der Waals surface area contributed by atoms with Crippen molar-refractivity contribution >= 4 is 38.6 Å². The first-order valence-electron chi connectivity index (χ1n) is 17.5. The summed E-state index contributed by atoms with van der Waals surface area (Å²) < 4.78 is 0. The monoisotopic (exact) mass is 649 g/mol. The van der Waals surface area contributed by atoms with E-state index in [1.165, 1.54) is 66.1 Å². The van der Waals surface area contributed by atoms with Crippen LogP contribution >= 0.6 is 0 Å². The van der Waals surface area contributed by atoms with Gasteiger partial charge in [0, 0.05) is 17.1 Å². The first kappa shape index (κ1) is 30.4. The predicted molar refractivity (Wildman–Crippen MR) is 218 cm³/mol. The van der Waals surface area contributed by atoms with E-state index in [0.29, 0.717) is 0 Å². The molecule has 0 saturated carbocycles. The molecule has 0 heterocycles. The molecule has 9 aromatic carbocycles. The number of rotatable bonds is 7. The first-order chi connectivity index (χ1) is 25.3. The summed E-state index contributed by atoms with van der Waals surface area (Å²) in [6, 6.07) is 76.7. The van der Waals surface area contributed by atoms with Crippen molar-refractivity contribution in [3.63, 3.8) is 0 Å². The second kappa shape index (κ2) is 13.3. The normalized spacial score (nSPS) is 11.1. The molecule has 0 saturated heterocycles. The van der Waals surface area contributed by atoms with Crippen LogP contribution in [0.15, 0.2) is 212 Å². The van der Waals surface area contributed by atoms with Gasteiger partial charge in [-0.3, -0.25) is 0 Å². The molecule has 0 atom stereocenters. The van der Waals surface area contributed by atoms with Gasteiger partial charge in [-0.2, -0.15) is 0 Å². The molecule has 0 N–H and O–H groups in total. The Kier molecular flexibility index (Phi) is 7.92. The number of anilines is 3. The van der Waals surface area contributed by atoms with Gasteiger partial charge in [-0.05, 0) is 115 Å². The lowest BCUT2D eigenvalue weighted by molar-refractivity contribution is 1.28. The van der Waals surface area contributed by atoms with Crippen molar-refractivity contribution < 1.29 is 0 Å². The van der Waals surface area contributed by atoms with Crippen molar-refractivity contribution in [2.75, 3.05) is 4.90 Å². The van der Waals surface area contributed by atoms with E-state index in [2.05, 4.69) is 217 Å². The lowest BCUT2D eigenvalue weighted by Crippen LogP contribution is -2.10. The van der Waals surface area contributed by atoms with Crippen molar-refractivity contribution in [1.82, 2.24) is 0 Å². The van der Waals surface area contributed by atoms with E-state index < -0.39 is 0 Å². The Morgan fingerprint density at radius 2 is 0.627 bits per heavy atom. The van der Waals surface area contributed by atoms with Gasteiger partial charge in [0.2, 0.25) is 0 Å². The fourth-order valence-corrected chi connectivity index (χ4v) is 7.19. The number of hydrogen-bond donors (Lipinski definition) is 0. The Morgan fingerprint density at radius 3 is 1.22 bits per heavy atom. The molecule has 9 rings (SSSR count). The van der Waals surface area contributed by atoms with Crippen molar-refractivity contribution in [3.05, 3.63) is 212 Å². The van der Waals surface area contributed by atoms with Gasteiger partial charge in [-0.15, -0.1) is 0 Å². The van der Waals surface area contributed by atoms with Crippen LogP contribution in [0.3, 0.4) is 0 Å². The molecule has 0 aliphatic carbocycles. The zero-order chi connectivity index (χ0) is 34.0. The molecule has 0 amide bonds. The Bertz CT molecular complexity index is 2600. The minimum absolute atomic E-state index is 1.10. The Morgan fingerprint density at radius 1 is 0.216 bits per heavy atom. The number of nitrogens with zero attached hydrogens (tertiary/aromatic N) is 1. The quantitative estimate of drug-likeness (QED) is 0.166. The van der Waals surface area contributed by atoms with Gasteiger partial charge in [0.05, 0.1) is 0 Å². The third-order valence-electron chi connectivity index (χ3n) is 9.85. The van der Waals surface area contributed by atoms with Crippen LogP contribution in [-0.2, 0) is 0 Å². The number of fused-ring (bicyclic) bond motifs is 2. The van der Waals surface area contributed by atoms with Crippen molar-refractivity contribution in [2.24, 2.45) is 0 Å². The Labute approximate surface area is 299 Å². The van der Waals surface area contributed by atoms with Crippen LogP contribution < -0.4 is 4.90 Å². The van der Waals surface area contributed by atoms with Crippen LogP contribution in [0.2, 0.25) is 0 Å². The second-order valence-electron chi connectivity index (χ2n) is 13.0. The topological polar surface area (TPSA) is 3.24 Å². The van der Waals surface area contributed by atoms with Crippen LogP contribution in [0.25, 0.3) is 66.1 Å². The van der Waals surface area contributed by atoms with E-state index in [4.69, 9.17) is 0 Å². The lowest BCUT2D eigenvalue weighted by Gasteiger charge is -2.27. The lowest BCUT2D eigenvalue weighted by atomic mass is 9.92. The fourth-order valence-electron chi connectivity index (χ4n) is 7.19. The first-order valence-corrected chi connectivity index (χ1v) is 17.5. The van der Waals surface area contributed by atoms with Crippen molar-refractivity contribution in [2.45, 2.75) is 0 Å². The molecule has 1 nitrogen and oxygen atoms in total. The summed E-state index contributed by atoms with van der Waals surface area (Å²) in [7, 11) is 0. The molecule has 0 radical (unpaired) electrons. The molecule has 0 unspecified atom stereocenters. The molecule has 0 bridgehead atoms. The number of benzene rings is 9. The summed E-state index contributed by atoms with van der Waals surface area (Å²) in [6.07, 6.45) is 0. The zero-order valence-corrected chi connectivity index (χ0v) is 28.2. The Balaban J connectivity index is 1.17. The van der Waals surface area contributed by atoms with Crippen LogP contribution in [-0.4, -0.2) is 0 Å². The third-order valence-corrected chi connectivity index (χ3v) is 9.85. The van der Waals surface area contributed by atoms with Gasteiger partial charge in [0.25, 0.3) is 0 Å². The average molecular weight is 650 g/mol. The second-order valence-corrected chi connectivity index (χ2v) is 13.0. The zero-order valence-electron chi connectivity index (χ0n) is 28.2. The van der Waals surface area contributed by atoms with Gasteiger partial charge in [0.1, 0.15) is 0 Å². The summed E-state index contributed by atoms with van der Waals surface area (Å²) >= 11 is 0. The van der Waals surface area contributed by atoms with Crippen molar-refractivity contribution in [3.8, 4) is 44.5 Å². The van der Waals surface area contributed by atoms with E-state index in [1.54, 1.807) is 0 Å². The third kappa shape index (κ3) is 6.07. The summed E-state index contributed by atoms with van der Waals surface area (Å²) in [4.78, 5) is 2.37. The highest BCUT2D eigenvalue weighted by atomic mass is 15.1. The van der Waals surface area contributed by atoms with Gasteiger partial charge >= 0.3 is 0 Å². The van der Waals surface area contributed by atoms with Gasteiger partial charge in [-0.1, -0.05) is 164 Å². The smallest absolute Gasteiger partial charge is 0.0468 e. The SMILES string of the molecule is c1ccc(-c2ccc(N(c3ccc(-c4ccc5ccccc5c4)cc3)c3ccc(-c4ccc5ccccc5c4)c(-c4ccccc4)c3)cc2)cc1. The maximum Gasteiger partial charge on any atom is 0.0468 e. The van der Waals surface area contributed by atoms with E-state index in [1.807, 2.05) is 0 Å². The van der Waals surface area contributed by atoms with Gasteiger partial charge in [-0.25, -0.2) is 0 Å². The van der Waals surface area contributed by atoms with E-state index >= 15 is 0 Å². The summed E-state index contributed by atoms with van der Waals surface area (Å²) in [5.74, 6) is 0. The van der Waals surface area contributed by atoms with Crippen LogP contribution in [0, 0.1) is 0 Å². The van der Waals surface area contributed by atoms with Crippen molar-refractivity contribution in [1.29, 1.82) is 0 Å². The van der Waals surface area contributed by atoms with Crippen LogP contribution in [0.4, 0.5) is 17.1 Å². The highest BCUT2D eigenvalue weighted by Crippen LogP contribution is 2.42. The molecule has 9 aromatic rings. The number of hydrogen-bond acceptors (Lipinski definition) is 1. The van der Waals surface area contributed by atoms with E-state index in [0.717, 1.165) is 17.1 Å². The standard InChI is InChI=1S/C50H35N/c1-3-11-36(12-4-1)39-23-27-46(28-24-39)51(47-29-25-40(26-30-47)44-21-19-37-13-7-9-17-42(37)33-44)48-31-32-49(50(35-48)41-15-5-2-6-16-41)45-22-20-38-14-8-10-18-43(38)34-45/h1-35H. The minimum atomic E-state index is 1.10. The molecule has 0 spiro atoms. The largest absolute Gasteiger partial charge is 0.310 e. The predicted octanol–water partition coefficient (Wildman–Crippen LogP) is 14.1. The van der Waals surface area contributed by atoms with E-state index in [9.17, 15) is 0 Å². The molecule has 51 heavy (non-hydrogen) atoms. The summed E-state index contributed by atoms with van der Waals surface area (Å²) in [5, 5.41) is 4.99. The molecule has 0 aliphatic heterocycles. The highest BCUT2D eigenvalue weighted by Gasteiger charge is 2.17. The van der Waals surface area contributed by atoms with Gasteiger partial charge in [0.15, 0.2) is 0 Å². The Hall–Kier alpha value is -6.70. The minimum Gasteiger partial charge on any atom is -0.310 e. The fraction of sp³-hybridized carbons (Fsp3) is 0. The highest BCUT2D eigenvalue weighted by molar-refractivity contribution is 5.94. The summed E-state index contributed by atoms with van der Waals surface area (Å²) in [5.41, 5.74) is 12.9. The molecular formula is C50H35N. The maximum absolute atomic E-state index is 2.37. The maximum atomic E-state index is 2.37. The molecule has 0 fully saturated rings. The van der Waals surface area contributed by atoms with E-state index in [-0.39, 0.29) is 0 Å². The van der Waals surface area contributed by atoms with Crippen LogP contribution in [0.5, 0.6) is 0 Å². The average Bonchev–Trinajstić information content (AvgIpc) is 3.22. The molecule has 0 aliphatic rings. The van der Waals surface area contributed by atoms with Gasteiger partial charge < -0.3 is 4.90 Å².